The SMILES string of the molecule is CCC(Nc1cnn(C(C)C)c1)c1ccccc1F. The van der Waals surface area contributed by atoms with Crippen LogP contribution in [0.25, 0.3) is 0 Å². The highest BCUT2D eigenvalue weighted by Crippen LogP contribution is 2.24. The molecule has 0 spiro atoms. The summed E-state index contributed by atoms with van der Waals surface area (Å²) in [5.41, 5.74) is 1.62. The Labute approximate surface area is 113 Å². The van der Waals surface area contributed by atoms with Crippen molar-refractivity contribution in [1.82, 2.24) is 9.78 Å². The number of hydrogen-bond donors (Lipinski definition) is 1. The summed E-state index contributed by atoms with van der Waals surface area (Å²) in [6, 6.07) is 7.18. The van der Waals surface area contributed by atoms with Gasteiger partial charge < -0.3 is 5.32 Å². The van der Waals surface area contributed by atoms with Gasteiger partial charge in [-0.05, 0) is 26.3 Å². The summed E-state index contributed by atoms with van der Waals surface area (Å²) >= 11 is 0. The van der Waals surface area contributed by atoms with Gasteiger partial charge in [0.25, 0.3) is 0 Å². The molecular formula is C15H20FN3. The Morgan fingerprint density at radius 2 is 2.05 bits per heavy atom. The third-order valence-corrected chi connectivity index (χ3v) is 3.16. The minimum atomic E-state index is -0.168. The molecule has 4 heteroatoms. The van der Waals surface area contributed by atoms with Crippen LogP contribution in [0.15, 0.2) is 36.7 Å². The van der Waals surface area contributed by atoms with E-state index in [0.717, 1.165) is 12.1 Å². The molecule has 19 heavy (non-hydrogen) atoms. The molecule has 0 saturated heterocycles. The molecule has 0 saturated carbocycles. The van der Waals surface area contributed by atoms with E-state index in [9.17, 15) is 4.39 Å². The van der Waals surface area contributed by atoms with Crippen LogP contribution < -0.4 is 5.32 Å². The largest absolute Gasteiger partial charge is 0.376 e. The van der Waals surface area contributed by atoms with Crippen molar-refractivity contribution in [2.24, 2.45) is 0 Å². The number of aromatic nitrogens is 2. The maximum Gasteiger partial charge on any atom is 0.128 e. The summed E-state index contributed by atoms with van der Waals surface area (Å²) in [4.78, 5) is 0. The molecule has 0 radical (unpaired) electrons. The van der Waals surface area contributed by atoms with Gasteiger partial charge in [0, 0.05) is 17.8 Å². The highest BCUT2D eigenvalue weighted by molar-refractivity contribution is 5.42. The van der Waals surface area contributed by atoms with Crippen LogP contribution in [-0.2, 0) is 0 Å². The van der Waals surface area contributed by atoms with Gasteiger partial charge in [0.15, 0.2) is 0 Å². The quantitative estimate of drug-likeness (QED) is 0.875. The third kappa shape index (κ3) is 3.13. The smallest absolute Gasteiger partial charge is 0.128 e. The summed E-state index contributed by atoms with van der Waals surface area (Å²) in [5.74, 6) is -0.168. The number of benzene rings is 1. The van der Waals surface area contributed by atoms with Crippen LogP contribution in [0, 0.1) is 5.82 Å². The monoisotopic (exact) mass is 261 g/mol. The van der Waals surface area contributed by atoms with E-state index in [-0.39, 0.29) is 11.9 Å². The van der Waals surface area contributed by atoms with Crippen LogP contribution >= 0.6 is 0 Å². The van der Waals surface area contributed by atoms with Gasteiger partial charge in [-0.1, -0.05) is 25.1 Å². The van der Waals surface area contributed by atoms with Crippen LogP contribution in [0.5, 0.6) is 0 Å². The number of anilines is 1. The Morgan fingerprint density at radius 3 is 2.63 bits per heavy atom. The number of rotatable bonds is 5. The van der Waals surface area contributed by atoms with Crippen molar-refractivity contribution in [3.8, 4) is 0 Å². The molecule has 0 bridgehead atoms. The minimum Gasteiger partial charge on any atom is -0.376 e. The molecule has 1 unspecified atom stereocenters. The molecule has 0 fully saturated rings. The number of nitrogens with one attached hydrogen (secondary N) is 1. The third-order valence-electron chi connectivity index (χ3n) is 3.16. The van der Waals surface area contributed by atoms with Gasteiger partial charge in [-0.25, -0.2) is 4.39 Å². The second-order valence-electron chi connectivity index (χ2n) is 4.93. The fourth-order valence-electron chi connectivity index (χ4n) is 2.05. The van der Waals surface area contributed by atoms with Crippen LogP contribution in [0.2, 0.25) is 0 Å². The van der Waals surface area contributed by atoms with E-state index in [0.29, 0.717) is 11.6 Å². The summed E-state index contributed by atoms with van der Waals surface area (Å²) in [6.07, 6.45) is 4.55. The first-order valence-electron chi connectivity index (χ1n) is 6.67. The Balaban J connectivity index is 2.17. The molecule has 2 rings (SSSR count). The van der Waals surface area contributed by atoms with Crippen molar-refractivity contribution in [3.63, 3.8) is 0 Å². The zero-order valence-corrected chi connectivity index (χ0v) is 11.6. The first-order valence-corrected chi connectivity index (χ1v) is 6.67. The van der Waals surface area contributed by atoms with Crippen LogP contribution in [-0.4, -0.2) is 9.78 Å². The maximum absolute atomic E-state index is 13.8. The molecule has 0 aliphatic heterocycles. The Hall–Kier alpha value is -1.84. The maximum atomic E-state index is 13.8. The van der Waals surface area contributed by atoms with Crippen LogP contribution in [0.1, 0.15) is 44.8 Å². The van der Waals surface area contributed by atoms with Crippen molar-refractivity contribution in [2.45, 2.75) is 39.3 Å². The molecule has 1 heterocycles. The molecule has 0 aliphatic carbocycles. The van der Waals surface area contributed by atoms with Crippen LogP contribution in [0.3, 0.4) is 0 Å². The zero-order valence-electron chi connectivity index (χ0n) is 11.6. The number of hydrogen-bond acceptors (Lipinski definition) is 2. The predicted molar refractivity (Wildman–Crippen MR) is 75.7 cm³/mol. The Kier molecular flexibility index (Phi) is 4.20. The first-order chi connectivity index (χ1) is 9.11. The highest BCUT2D eigenvalue weighted by atomic mass is 19.1. The topological polar surface area (TPSA) is 29.9 Å². The van der Waals surface area contributed by atoms with Crippen molar-refractivity contribution in [3.05, 3.63) is 48.0 Å². The van der Waals surface area contributed by atoms with E-state index < -0.39 is 0 Å². The van der Waals surface area contributed by atoms with Gasteiger partial charge in [-0.3, -0.25) is 4.68 Å². The van der Waals surface area contributed by atoms with E-state index in [2.05, 4.69) is 24.3 Å². The Morgan fingerprint density at radius 1 is 1.32 bits per heavy atom. The normalized spacial score (nSPS) is 12.7. The number of halogens is 1. The van der Waals surface area contributed by atoms with E-state index in [1.807, 2.05) is 29.9 Å². The molecule has 1 aromatic carbocycles. The van der Waals surface area contributed by atoms with Gasteiger partial charge in [-0.15, -0.1) is 0 Å². The minimum absolute atomic E-state index is 0.0361. The van der Waals surface area contributed by atoms with E-state index in [1.54, 1.807) is 12.3 Å². The summed E-state index contributed by atoms with van der Waals surface area (Å²) in [7, 11) is 0. The van der Waals surface area contributed by atoms with Crippen molar-refractivity contribution in [2.75, 3.05) is 5.32 Å². The summed E-state index contributed by atoms with van der Waals surface area (Å²) in [6.45, 7) is 6.19. The lowest BCUT2D eigenvalue weighted by atomic mass is 10.0. The van der Waals surface area contributed by atoms with Gasteiger partial charge >= 0.3 is 0 Å². The van der Waals surface area contributed by atoms with Gasteiger partial charge in [0.1, 0.15) is 5.82 Å². The average Bonchev–Trinajstić information content (AvgIpc) is 2.86. The second kappa shape index (κ2) is 5.87. The van der Waals surface area contributed by atoms with Crippen molar-refractivity contribution < 1.29 is 4.39 Å². The highest BCUT2D eigenvalue weighted by Gasteiger charge is 2.14. The lowest BCUT2D eigenvalue weighted by molar-refractivity contribution is 0.532. The molecule has 1 N–H and O–H groups in total. The van der Waals surface area contributed by atoms with Crippen LogP contribution in [0.4, 0.5) is 10.1 Å². The predicted octanol–water partition coefficient (Wildman–Crippen LogP) is 4.17. The molecule has 0 amide bonds. The molecular weight excluding hydrogens is 241 g/mol. The van der Waals surface area contributed by atoms with Gasteiger partial charge in [0.05, 0.1) is 17.9 Å². The van der Waals surface area contributed by atoms with Gasteiger partial charge in [0.2, 0.25) is 0 Å². The first kappa shape index (κ1) is 13.6. The van der Waals surface area contributed by atoms with E-state index >= 15 is 0 Å². The Bertz CT molecular complexity index is 534. The lowest BCUT2D eigenvalue weighted by Gasteiger charge is -2.18. The fraction of sp³-hybridized carbons (Fsp3) is 0.400. The molecule has 0 aliphatic rings. The molecule has 1 atom stereocenters. The second-order valence-corrected chi connectivity index (χ2v) is 4.93. The van der Waals surface area contributed by atoms with Crippen molar-refractivity contribution >= 4 is 5.69 Å². The standard InChI is InChI=1S/C15H20FN3/c1-4-15(13-7-5-6-8-14(13)16)18-12-9-17-19(10-12)11(2)3/h5-11,15,18H,4H2,1-3H3. The summed E-state index contributed by atoms with van der Waals surface area (Å²) in [5, 5.41) is 7.62. The lowest BCUT2D eigenvalue weighted by Crippen LogP contribution is -2.11. The molecule has 102 valence electrons. The molecule has 3 nitrogen and oxygen atoms in total. The average molecular weight is 261 g/mol. The fourth-order valence-corrected chi connectivity index (χ4v) is 2.05. The molecule has 1 aromatic heterocycles. The zero-order chi connectivity index (χ0) is 13.8. The van der Waals surface area contributed by atoms with Crippen molar-refractivity contribution in [1.29, 1.82) is 0 Å². The molecule has 2 aromatic rings. The van der Waals surface area contributed by atoms with E-state index in [1.165, 1.54) is 6.07 Å². The van der Waals surface area contributed by atoms with E-state index in [4.69, 9.17) is 0 Å². The van der Waals surface area contributed by atoms with Gasteiger partial charge in [-0.2, -0.15) is 5.10 Å². The number of nitrogens with zero attached hydrogens (tertiary/aromatic N) is 2. The summed E-state index contributed by atoms with van der Waals surface area (Å²) < 4.78 is 15.7.